The number of aromatic hydroxyl groups is 1. The van der Waals surface area contributed by atoms with Gasteiger partial charge >= 0.3 is 5.97 Å². The van der Waals surface area contributed by atoms with Crippen molar-refractivity contribution >= 4 is 39.5 Å². The molecule has 0 aliphatic heterocycles. The maximum atomic E-state index is 12.2. The number of aromatic nitrogens is 1. The smallest absolute Gasteiger partial charge is 0.347 e. The maximum Gasteiger partial charge on any atom is 0.347 e. The van der Waals surface area contributed by atoms with Crippen LogP contribution in [0.2, 0.25) is 0 Å². The monoisotopic (exact) mass is 387 g/mol. The molecule has 0 fully saturated rings. The van der Waals surface area contributed by atoms with E-state index in [0.29, 0.717) is 10.9 Å². The highest BCUT2D eigenvalue weighted by Gasteiger charge is 2.22. The van der Waals surface area contributed by atoms with Crippen LogP contribution in [-0.4, -0.2) is 22.2 Å². The van der Waals surface area contributed by atoms with Crippen molar-refractivity contribution in [1.82, 2.24) is 4.57 Å². The molecule has 0 unspecified atom stereocenters. The minimum Gasteiger partial charge on any atom is -0.506 e. The molecule has 1 N–H and O–H groups in total. The van der Waals surface area contributed by atoms with Crippen LogP contribution in [0.25, 0.3) is 10.9 Å². The van der Waals surface area contributed by atoms with Crippen molar-refractivity contribution in [3.63, 3.8) is 0 Å². The minimum absolute atomic E-state index is 0.146. The van der Waals surface area contributed by atoms with Crippen LogP contribution in [0, 0.1) is 0 Å². The Hall–Kier alpha value is -1.57. The molecule has 2 rings (SSSR count). The molecule has 0 spiro atoms. The van der Waals surface area contributed by atoms with Gasteiger partial charge in [-0.1, -0.05) is 28.7 Å². The van der Waals surface area contributed by atoms with E-state index in [-0.39, 0.29) is 17.9 Å². The number of hydrogen-bond donors (Lipinski definition) is 1. The molecule has 0 aliphatic rings. The second-order valence-corrected chi connectivity index (χ2v) is 5.06. The van der Waals surface area contributed by atoms with Gasteiger partial charge < -0.3 is 14.4 Å². The zero-order chi connectivity index (χ0) is 14.9. The van der Waals surface area contributed by atoms with Gasteiger partial charge in [0.15, 0.2) is 5.56 Å². The predicted molar refractivity (Wildman–Crippen MR) is 84.5 cm³/mol. The Kier molecular flexibility index (Phi) is 4.32. The first-order valence-electron chi connectivity index (χ1n) is 6.09. The van der Waals surface area contributed by atoms with Gasteiger partial charge in [0.05, 0.1) is 12.1 Å². The maximum absolute atomic E-state index is 12.2. The summed E-state index contributed by atoms with van der Waals surface area (Å²) in [6.07, 6.45) is 0. The molecule has 0 aliphatic carbocycles. The van der Waals surface area contributed by atoms with Gasteiger partial charge in [-0.2, -0.15) is 0 Å². The fraction of sp³-hybridized carbons (Fsp3) is 0.286. The van der Waals surface area contributed by atoms with E-state index in [2.05, 4.69) is 22.6 Å². The number of carbonyl (C=O) groups is 1. The molecule has 0 saturated carbocycles. The highest BCUT2D eigenvalue weighted by atomic mass is 127. The number of rotatable bonds is 3. The number of benzene rings is 1. The van der Waals surface area contributed by atoms with E-state index in [9.17, 15) is 14.7 Å². The van der Waals surface area contributed by atoms with Crippen LogP contribution >= 0.6 is 22.6 Å². The molecule has 20 heavy (non-hydrogen) atoms. The predicted octanol–water partition coefficient (Wildman–Crippen LogP) is 2.36. The lowest BCUT2D eigenvalue weighted by Gasteiger charge is -2.11. The molecule has 1 heterocycles. The highest BCUT2D eigenvalue weighted by molar-refractivity contribution is 14.1. The molecule has 106 valence electrons. The topological polar surface area (TPSA) is 68.5 Å². The van der Waals surface area contributed by atoms with Crippen molar-refractivity contribution in [2.75, 3.05) is 6.61 Å². The van der Waals surface area contributed by atoms with Crippen LogP contribution in [0.15, 0.2) is 23.0 Å². The number of halogens is 1. The highest BCUT2D eigenvalue weighted by Crippen LogP contribution is 2.28. The van der Waals surface area contributed by atoms with E-state index in [1.54, 1.807) is 26.1 Å². The third-order valence-corrected chi connectivity index (χ3v) is 3.95. The van der Waals surface area contributed by atoms with E-state index in [1.165, 1.54) is 4.57 Å². The van der Waals surface area contributed by atoms with Crippen molar-refractivity contribution in [3.05, 3.63) is 39.7 Å². The first-order valence-corrected chi connectivity index (χ1v) is 7.61. The van der Waals surface area contributed by atoms with Crippen LogP contribution in [0.5, 0.6) is 5.75 Å². The standard InChI is InChI=1S/C14H14INO4/c1-3-20-14(19)11-12(17)9-6-8(7-15)4-5-10(9)16(2)13(11)18/h4-6,17H,3,7H2,1-2H3. The van der Waals surface area contributed by atoms with Gasteiger partial charge in [0, 0.05) is 16.9 Å². The number of nitrogens with zero attached hydrogens (tertiary/aromatic N) is 1. The van der Waals surface area contributed by atoms with E-state index in [1.807, 2.05) is 6.07 Å². The first kappa shape index (κ1) is 14.8. The van der Waals surface area contributed by atoms with Gasteiger partial charge in [0.1, 0.15) is 5.75 Å². The number of aryl methyl sites for hydroxylation is 1. The summed E-state index contributed by atoms with van der Waals surface area (Å²) in [6.45, 7) is 1.79. The van der Waals surface area contributed by atoms with Crippen molar-refractivity contribution < 1.29 is 14.6 Å². The van der Waals surface area contributed by atoms with Crippen LogP contribution in [0.3, 0.4) is 0 Å². The Labute approximate surface area is 129 Å². The van der Waals surface area contributed by atoms with Crippen molar-refractivity contribution in [3.8, 4) is 5.75 Å². The normalized spacial score (nSPS) is 10.8. The summed E-state index contributed by atoms with van der Waals surface area (Å²) in [7, 11) is 1.57. The average Bonchev–Trinajstić information content (AvgIpc) is 2.45. The fourth-order valence-corrected chi connectivity index (χ4v) is 2.52. The van der Waals surface area contributed by atoms with Crippen molar-refractivity contribution in [1.29, 1.82) is 0 Å². The summed E-state index contributed by atoms with van der Waals surface area (Å²) < 4.78 is 6.95. The van der Waals surface area contributed by atoms with E-state index < -0.39 is 11.5 Å². The van der Waals surface area contributed by atoms with Gasteiger partial charge in [0.25, 0.3) is 5.56 Å². The zero-order valence-electron chi connectivity index (χ0n) is 11.1. The molecule has 5 nitrogen and oxygen atoms in total. The van der Waals surface area contributed by atoms with Gasteiger partial charge in [-0.15, -0.1) is 0 Å². The molecule has 1 aromatic heterocycles. The third-order valence-electron chi connectivity index (χ3n) is 3.07. The molecule has 0 atom stereocenters. The van der Waals surface area contributed by atoms with Crippen molar-refractivity contribution in [2.45, 2.75) is 11.4 Å². The number of ether oxygens (including phenoxy) is 1. The molecule has 1 aromatic carbocycles. The molecule has 2 aromatic rings. The molecule has 0 amide bonds. The first-order chi connectivity index (χ1) is 9.51. The fourth-order valence-electron chi connectivity index (χ4n) is 2.05. The molecule has 0 radical (unpaired) electrons. The lowest BCUT2D eigenvalue weighted by molar-refractivity contribution is 0.0520. The van der Waals surface area contributed by atoms with Crippen LogP contribution < -0.4 is 5.56 Å². The second-order valence-electron chi connectivity index (χ2n) is 4.29. The summed E-state index contributed by atoms with van der Waals surface area (Å²) in [5.41, 5.74) is 0.708. The average molecular weight is 387 g/mol. The summed E-state index contributed by atoms with van der Waals surface area (Å²) in [6, 6.07) is 5.43. The van der Waals surface area contributed by atoms with E-state index in [0.717, 1.165) is 9.99 Å². The Morgan fingerprint density at radius 3 is 2.75 bits per heavy atom. The Morgan fingerprint density at radius 2 is 2.15 bits per heavy atom. The summed E-state index contributed by atoms with van der Waals surface area (Å²) in [5, 5.41) is 10.7. The number of carbonyl (C=O) groups excluding carboxylic acids is 1. The number of esters is 1. The van der Waals surface area contributed by atoms with Gasteiger partial charge in [-0.3, -0.25) is 4.79 Å². The van der Waals surface area contributed by atoms with Crippen LogP contribution in [-0.2, 0) is 16.2 Å². The number of alkyl halides is 1. The van der Waals surface area contributed by atoms with Crippen LogP contribution in [0.4, 0.5) is 0 Å². The van der Waals surface area contributed by atoms with Gasteiger partial charge in [0.2, 0.25) is 0 Å². The molecular formula is C14H14INO4. The molecular weight excluding hydrogens is 373 g/mol. The van der Waals surface area contributed by atoms with E-state index in [4.69, 9.17) is 4.74 Å². The SMILES string of the molecule is CCOC(=O)c1c(O)c2cc(CI)ccc2n(C)c1=O. The van der Waals surface area contributed by atoms with Crippen molar-refractivity contribution in [2.24, 2.45) is 7.05 Å². The molecule has 0 bridgehead atoms. The van der Waals surface area contributed by atoms with Gasteiger partial charge in [-0.25, -0.2) is 4.79 Å². The third kappa shape index (κ3) is 2.39. The number of pyridine rings is 1. The molecule has 0 saturated heterocycles. The largest absolute Gasteiger partial charge is 0.506 e. The summed E-state index contributed by atoms with van der Waals surface area (Å²) >= 11 is 2.21. The van der Waals surface area contributed by atoms with Gasteiger partial charge in [-0.05, 0) is 24.6 Å². The summed E-state index contributed by atoms with van der Waals surface area (Å²) in [5.74, 6) is -1.11. The second kappa shape index (κ2) is 5.82. The number of fused-ring (bicyclic) bond motifs is 1. The number of hydrogen-bond acceptors (Lipinski definition) is 4. The lowest BCUT2D eigenvalue weighted by Crippen LogP contribution is -2.26. The Bertz CT molecular complexity index is 736. The Morgan fingerprint density at radius 1 is 1.45 bits per heavy atom. The molecule has 6 heteroatoms. The Balaban J connectivity index is 2.83. The van der Waals surface area contributed by atoms with Crippen LogP contribution in [0.1, 0.15) is 22.8 Å². The lowest BCUT2D eigenvalue weighted by atomic mass is 10.1. The summed E-state index contributed by atoms with van der Waals surface area (Å²) in [4.78, 5) is 24.0. The van der Waals surface area contributed by atoms with E-state index >= 15 is 0 Å². The minimum atomic E-state index is -0.799. The quantitative estimate of drug-likeness (QED) is 0.499. The zero-order valence-corrected chi connectivity index (χ0v) is 13.3.